The van der Waals surface area contributed by atoms with Gasteiger partial charge in [0.05, 0.1) is 19.0 Å². The largest absolute Gasteiger partial charge is 0.390 e. The van der Waals surface area contributed by atoms with E-state index in [9.17, 15) is 9.90 Å². The lowest BCUT2D eigenvalue weighted by atomic mass is 10.2. The van der Waals surface area contributed by atoms with E-state index in [0.29, 0.717) is 0 Å². The second-order valence-electron chi connectivity index (χ2n) is 4.99. The van der Waals surface area contributed by atoms with Gasteiger partial charge in [0, 0.05) is 6.42 Å². The molecule has 1 aliphatic rings. The molecule has 0 radical (unpaired) electrons. The number of H-pyrrole nitrogens is 1. The van der Waals surface area contributed by atoms with Gasteiger partial charge < -0.3 is 29.9 Å². The van der Waals surface area contributed by atoms with Crippen LogP contribution < -0.4 is 11.3 Å². The van der Waals surface area contributed by atoms with E-state index in [1.165, 1.54) is 10.9 Å². The standard InChI is InChI=1S/C10H14N5O6PS/c11-10-13-8-7(9(17)14-10)12-3-15(8)6-1-4(16)5(21-6)2-20-22(18,19)23/h3-6,16H,1-2H2,(H2,18,19,23)(H3,11,13,14,17)/t4-,5?,6-/m1/s1. The number of aromatic amines is 1. The van der Waals surface area contributed by atoms with Gasteiger partial charge in [-0.15, -0.1) is 0 Å². The number of aromatic nitrogens is 4. The van der Waals surface area contributed by atoms with Crippen LogP contribution in [0.2, 0.25) is 0 Å². The fourth-order valence-corrected chi connectivity index (χ4v) is 2.88. The third-order valence-electron chi connectivity index (χ3n) is 3.37. The molecule has 126 valence electrons. The van der Waals surface area contributed by atoms with E-state index in [1.807, 2.05) is 0 Å². The van der Waals surface area contributed by atoms with Crippen LogP contribution in [0, 0.1) is 0 Å². The minimum atomic E-state index is -3.83. The lowest BCUT2D eigenvalue weighted by Crippen LogP contribution is -2.25. The first kappa shape index (κ1) is 16.5. The molecule has 13 heteroatoms. The van der Waals surface area contributed by atoms with Gasteiger partial charge in [-0.3, -0.25) is 14.3 Å². The highest BCUT2D eigenvalue weighted by atomic mass is 32.5. The van der Waals surface area contributed by atoms with Crippen LogP contribution in [-0.4, -0.2) is 53.2 Å². The molecule has 23 heavy (non-hydrogen) atoms. The number of nitrogens with two attached hydrogens (primary N) is 1. The lowest BCUT2D eigenvalue weighted by molar-refractivity contribution is -0.0399. The summed E-state index contributed by atoms with van der Waals surface area (Å²) in [6.45, 7) is -4.10. The summed E-state index contributed by atoms with van der Waals surface area (Å²) in [4.78, 5) is 40.2. The van der Waals surface area contributed by atoms with Gasteiger partial charge in [0.1, 0.15) is 12.3 Å². The first-order chi connectivity index (χ1) is 10.7. The van der Waals surface area contributed by atoms with E-state index in [2.05, 4.69) is 26.8 Å². The summed E-state index contributed by atoms with van der Waals surface area (Å²) in [5.74, 6) is -0.0658. The summed E-state index contributed by atoms with van der Waals surface area (Å²) in [7, 11) is 0. The van der Waals surface area contributed by atoms with Crippen molar-refractivity contribution in [3.05, 3.63) is 16.7 Å². The molecule has 11 nitrogen and oxygen atoms in total. The molecule has 0 aromatic carbocycles. The van der Waals surface area contributed by atoms with Crippen LogP contribution in [0.25, 0.3) is 11.2 Å². The van der Waals surface area contributed by atoms with Gasteiger partial charge in [-0.1, -0.05) is 0 Å². The monoisotopic (exact) mass is 363 g/mol. The van der Waals surface area contributed by atoms with E-state index in [-0.39, 0.29) is 30.1 Å². The third kappa shape index (κ3) is 3.43. The molecule has 0 saturated carbocycles. The van der Waals surface area contributed by atoms with Crippen molar-refractivity contribution in [2.75, 3.05) is 12.3 Å². The maximum Gasteiger partial charge on any atom is 0.321 e. The number of aliphatic hydroxyl groups excluding tert-OH is 1. The van der Waals surface area contributed by atoms with Crippen LogP contribution in [0.15, 0.2) is 11.1 Å². The van der Waals surface area contributed by atoms with Gasteiger partial charge in [-0.2, -0.15) is 4.98 Å². The van der Waals surface area contributed by atoms with Crippen molar-refractivity contribution in [2.24, 2.45) is 0 Å². The normalized spacial score (nSPS) is 25.3. The zero-order valence-electron chi connectivity index (χ0n) is 11.6. The smallest absolute Gasteiger partial charge is 0.321 e. The Morgan fingerprint density at radius 1 is 1.61 bits per heavy atom. The molecular weight excluding hydrogens is 349 g/mol. The number of nitrogens with zero attached hydrogens (tertiary/aromatic N) is 3. The highest BCUT2D eigenvalue weighted by Gasteiger charge is 2.36. The molecular formula is C10H14N5O6PS. The minimum absolute atomic E-state index is 0.0658. The fourth-order valence-electron chi connectivity index (χ4n) is 2.36. The van der Waals surface area contributed by atoms with Crippen LogP contribution in [0.1, 0.15) is 12.6 Å². The van der Waals surface area contributed by atoms with E-state index in [4.69, 9.17) is 24.8 Å². The summed E-state index contributed by atoms with van der Waals surface area (Å²) < 4.78 is 11.8. The zero-order chi connectivity index (χ0) is 16.8. The second kappa shape index (κ2) is 5.91. The third-order valence-corrected chi connectivity index (χ3v) is 4.17. The first-order valence-electron chi connectivity index (χ1n) is 6.50. The number of anilines is 1. The fraction of sp³-hybridized carbons (Fsp3) is 0.500. The van der Waals surface area contributed by atoms with Crippen molar-refractivity contribution in [2.45, 2.75) is 24.9 Å². The average Bonchev–Trinajstić information content (AvgIpc) is 2.99. The Morgan fingerprint density at radius 2 is 2.35 bits per heavy atom. The molecule has 1 unspecified atom stereocenters. The highest BCUT2D eigenvalue weighted by molar-refractivity contribution is 8.06. The maximum atomic E-state index is 11.7. The number of ether oxygens (including phenoxy) is 1. The second-order valence-corrected chi connectivity index (χ2v) is 7.66. The number of fused-ring (bicyclic) bond motifs is 1. The van der Waals surface area contributed by atoms with Gasteiger partial charge in [0.25, 0.3) is 5.56 Å². The van der Waals surface area contributed by atoms with Crippen molar-refractivity contribution >= 4 is 35.6 Å². The Labute approximate surface area is 134 Å². The van der Waals surface area contributed by atoms with Crippen LogP contribution in [-0.2, 0) is 21.1 Å². The number of hydrogen-bond donors (Lipinski definition) is 5. The van der Waals surface area contributed by atoms with Crippen molar-refractivity contribution in [1.29, 1.82) is 0 Å². The predicted molar refractivity (Wildman–Crippen MR) is 81.8 cm³/mol. The van der Waals surface area contributed by atoms with E-state index < -0.39 is 30.7 Å². The van der Waals surface area contributed by atoms with Crippen molar-refractivity contribution in [1.82, 2.24) is 19.5 Å². The van der Waals surface area contributed by atoms with Gasteiger partial charge in [-0.25, -0.2) is 4.98 Å². The van der Waals surface area contributed by atoms with Crippen LogP contribution >= 0.6 is 6.72 Å². The molecule has 0 amide bonds. The molecule has 0 bridgehead atoms. The number of imidazole rings is 1. The molecule has 3 rings (SSSR count). The Kier molecular flexibility index (Phi) is 4.23. The van der Waals surface area contributed by atoms with Crippen molar-refractivity contribution < 1.29 is 24.2 Å². The molecule has 3 atom stereocenters. The van der Waals surface area contributed by atoms with E-state index >= 15 is 0 Å². The molecule has 1 saturated heterocycles. The summed E-state index contributed by atoms with van der Waals surface area (Å²) >= 11 is 4.34. The Bertz CT molecular complexity index is 833. The molecule has 0 spiro atoms. The minimum Gasteiger partial charge on any atom is -0.390 e. The maximum absolute atomic E-state index is 11.7. The Morgan fingerprint density at radius 3 is 3.04 bits per heavy atom. The topological polar surface area (TPSA) is 169 Å². The molecule has 2 aromatic heterocycles. The van der Waals surface area contributed by atoms with Gasteiger partial charge >= 0.3 is 6.72 Å². The first-order valence-corrected chi connectivity index (χ1v) is 9.13. The van der Waals surface area contributed by atoms with E-state index in [0.717, 1.165) is 0 Å². The number of nitrogen functional groups attached to an aromatic ring is 1. The summed E-state index contributed by atoms with van der Waals surface area (Å²) in [6, 6.07) is 0. The number of aliphatic hydroxyl groups is 1. The van der Waals surface area contributed by atoms with Crippen LogP contribution in [0.5, 0.6) is 0 Å². The molecule has 1 aliphatic heterocycles. The number of hydrogen-bond acceptors (Lipinski definition) is 8. The van der Waals surface area contributed by atoms with Crippen LogP contribution in [0.4, 0.5) is 5.95 Å². The molecule has 0 aliphatic carbocycles. The Balaban J connectivity index is 1.84. The molecule has 3 heterocycles. The Hall–Kier alpha value is -1.40. The zero-order valence-corrected chi connectivity index (χ0v) is 13.3. The number of rotatable bonds is 4. The van der Waals surface area contributed by atoms with Crippen molar-refractivity contribution in [3.8, 4) is 0 Å². The van der Waals surface area contributed by atoms with Crippen LogP contribution in [0.3, 0.4) is 0 Å². The summed E-state index contributed by atoms with van der Waals surface area (Å²) in [5, 5.41) is 10.00. The molecule has 1 fully saturated rings. The predicted octanol–water partition coefficient (Wildman–Crippen LogP) is -1.42. The highest BCUT2D eigenvalue weighted by Crippen LogP contribution is 2.38. The summed E-state index contributed by atoms with van der Waals surface area (Å²) in [6.07, 6.45) is -0.854. The SMILES string of the molecule is Nc1nc2c(ncn2[C@H]2C[C@@H](O)C(COP(O)(O)=S)O2)c(=O)[nH]1. The average molecular weight is 363 g/mol. The van der Waals surface area contributed by atoms with Gasteiger partial charge in [-0.05, 0) is 11.8 Å². The molecule has 6 N–H and O–H groups in total. The van der Waals surface area contributed by atoms with E-state index in [1.54, 1.807) is 0 Å². The lowest BCUT2D eigenvalue weighted by Gasteiger charge is -2.17. The van der Waals surface area contributed by atoms with Gasteiger partial charge in [0.15, 0.2) is 11.2 Å². The van der Waals surface area contributed by atoms with Crippen molar-refractivity contribution in [3.63, 3.8) is 0 Å². The molecule has 2 aromatic rings. The number of nitrogens with one attached hydrogen (secondary N) is 1. The quantitative estimate of drug-likeness (QED) is 0.406. The van der Waals surface area contributed by atoms with Gasteiger partial charge in [0.2, 0.25) is 5.95 Å². The summed E-state index contributed by atoms with van der Waals surface area (Å²) in [5.41, 5.74) is 5.36.